The van der Waals surface area contributed by atoms with Gasteiger partial charge in [0.25, 0.3) is 11.8 Å². The van der Waals surface area contributed by atoms with Gasteiger partial charge in [-0.1, -0.05) is 30.3 Å². The lowest BCUT2D eigenvalue weighted by Crippen LogP contribution is -2.52. The molecule has 7 nitrogen and oxygen atoms in total. The molecule has 3 amide bonds. The molecule has 9 heteroatoms. The second kappa shape index (κ2) is 10.0. The van der Waals surface area contributed by atoms with E-state index in [2.05, 4.69) is 10.1 Å². The molecule has 0 aliphatic carbocycles. The molecule has 0 radical (unpaired) electrons. The van der Waals surface area contributed by atoms with Crippen LogP contribution in [0.4, 0.5) is 8.78 Å². The van der Waals surface area contributed by atoms with E-state index in [0.717, 1.165) is 5.56 Å². The standard InChI is InChI=1S/C22H23F2N3O4/c1-15-6-2-3-7-16(15)20(29)25-14-19(28)26-10-12-27(13-11-26)21(30)17-8-4-5-9-18(17)31-22(23)24/h2-9,22H,10-14H2,1H3,(H,25,29). The smallest absolute Gasteiger partial charge is 0.387 e. The van der Waals surface area contributed by atoms with E-state index in [1.54, 1.807) is 23.1 Å². The summed E-state index contributed by atoms with van der Waals surface area (Å²) in [6, 6.07) is 12.9. The molecule has 1 fully saturated rings. The average Bonchev–Trinajstić information content (AvgIpc) is 2.77. The van der Waals surface area contributed by atoms with Crippen LogP contribution in [-0.2, 0) is 4.79 Å². The van der Waals surface area contributed by atoms with Gasteiger partial charge >= 0.3 is 6.61 Å². The van der Waals surface area contributed by atoms with Crippen molar-refractivity contribution in [2.24, 2.45) is 0 Å². The first kappa shape index (κ1) is 22.2. The first-order chi connectivity index (χ1) is 14.9. The number of amides is 3. The fourth-order valence-electron chi connectivity index (χ4n) is 3.36. The number of para-hydroxylation sites is 1. The zero-order valence-electron chi connectivity index (χ0n) is 17.0. The van der Waals surface area contributed by atoms with Gasteiger partial charge in [0.15, 0.2) is 0 Å². The summed E-state index contributed by atoms with van der Waals surface area (Å²) < 4.78 is 29.6. The summed E-state index contributed by atoms with van der Waals surface area (Å²) in [5.41, 5.74) is 1.37. The van der Waals surface area contributed by atoms with Crippen LogP contribution in [0.3, 0.4) is 0 Å². The van der Waals surface area contributed by atoms with E-state index in [1.165, 1.54) is 23.1 Å². The lowest BCUT2D eigenvalue weighted by atomic mass is 10.1. The van der Waals surface area contributed by atoms with Crippen molar-refractivity contribution >= 4 is 17.7 Å². The van der Waals surface area contributed by atoms with Crippen LogP contribution in [0.25, 0.3) is 0 Å². The molecule has 0 unspecified atom stereocenters. The molecular formula is C22H23F2N3O4. The van der Waals surface area contributed by atoms with E-state index in [-0.39, 0.29) is 55.9 Å². The molecule has 1 saturated heterocycles. The number of benzene rings is 2. The van der Waals surface area contributed by atoms with Gasteiger partial charge in [-0.15, -0.1) is 0 Å². The molecule has 3 rings (SSSR count). The molecule has 0 saturated carbocycles. The van der Waals surface area contributed by atoms with Gasteiger partial charge in [-0.2, -0.15) is 8.78 Å². The van der Waals surface area contributed by atoms with E-state index >= 15 is 0 Å². The molecule has 164 valence electrons. The minimum absolute atomic E-state index is 0.0491. The largest absolute Gasteiger partial charge is 0.434 e. The number of ether oxygens (including phenoxy) is 1. The Morgan fingerprint density at radius 3 is 2.16 bits per heavy atom. The molecule has 2 aromatic carbocycles. The fourth-order valence-corrected chi connectivity index (χ4v) is 3.36. The number of piperazine rings is 1. The Bertz CT molecular complexity index is 959. The average molecular weight is 431 g/mol. The number of nitrogens with one attached hydrogen (secondary N) is 1. The molecule has 1 aliphatic rings. The Morgan fingerprint density at radius 1 is 0.935 bits per heavy atom. The van der Waals surface area contributed by atoms with Crippen LogP contribution in [0.5, 0.6) is 5.75 Å². The maximum Gasteiger partial charge on any atom is 0.387 e. The monoisotopic (exact) mass is 431 g/mol. The van der Waals surface area contributed by atoms with E-state index in [9.17, 15) is 23.2 Å². The minimum atomic E-state index is -3.03. The van der Waals surface area contributed by atoms with Gasteiger partial charge in [-0.05, 0) is 30.7 Å². The predicted octanol–water partition coefficient (Wildman–Crippen LogP) is 2.31. The summed E-state index contributed by atoms with van der Waals surface area (Å²) >= 11 is 0. The Hall–Kier alpha value is -3.49. The molecule has 1 N–H and O–H groups in total. The van der Waals surface area contributed by atoms with Crippen LogP contribution < -0.4 is 10.1 Å². The highest BCUT2D eigenvalue weighted by molar-refractivity contribution is 5.98. The normalized spacial score (nSPS) is 13.8. The van der Waals surface area contributed by atoms with Gasteiger partial charge < -0.3 is 19.9 Å². The Kier molecular flexibility index (Phi) is 7.17. The number of alkyl halides is 2. The SMILES string of the molecule is Cc1ccccc1C(=O)NCC(=O)N1CCN(C(=O)c2ccccc2OC(F)F)CC1. The molecule has 0 atom stereocenters. The lowest BCUT2D eigenvalue weighted by Gasteiger charge is -2.35. The summed E-state index contributed by atoms with van der Waals surface area (Å²) in [6.45, 7) is -0.300. The number of halogens is 2. The van der Waals surface area contributed by atoms with Crippen molar-refractivity contribution in [1.82, 2.24) is 15.1 Å². The van der Waals surface area contributed by atoms with Gasteiger partial charge in [-0.3, -0.25) is 14.4 Å². The molecule has 31 heavy (non-hydrogen) atoms. The van der Waals surface area contributed by atoms with Gasteiger partial charge in [-0.25, -0.2) is 0 Å². The maximum atomic E-state index is 12.7. The predicted molar refractivity (Wildman–Crippen MR) is 109 cm³/mol. The fraction of sp³-hybridized carbons (Fsp3) is 0.318. The molecule has 0 spiro atoms. The molecule has 1 aliphatic heterocycles. The van der Waals surface area contributed by atoms with Gasteiger partial charge in [0.1, 0.15) is 5.75 Å². The van der Waals surface area contributed by atoms with Crippen molar-refractivity contribution in [3.05, 3.63) is 65.2 Å². The van der Waals surface area contributed by atoms with E-state index in [4.69, 9.17) is 0 Å². The number of hydrogen-bond acceptors (Lipinski definition) is 4. The van der Waals surface area contributed by atoms with Crippen LogP contribution >= 0.6 is 0 Å². The summed E-state index contributed by atoms with van der Waals surface area (Å²) in [4.78, 5) is 40.5. The summed E-state index contributed by atoms with van der Waals surface area (Å²) in [7, 11) is 0. The van der Waals surface area contributed by atoms with Crippen molar-refractivity contribution in [3.8, 4) is 5.75 Å². The van der Waals surface area contributed by atoms with Crippen molar-refractivity contribution in [3.63, 3.8) is 0 Å². The molecule has 0 aromatic heterocycles. The van der Waals surface area contributed by atoms with E-state index < -0.39 is 12.5 Å². The maximum absolute atomic E-state index is 12.7. The van der Waals surface area contributed by atoms with Gasteiger partial charge in [0, 0.05) is 31.7 Å². The minimum Gasteiger partial charge on any atom is -0.434 e. The number of aryl methyl sites for hydroxylation is 1. The van der Waals surface area contributed by atoms with E-state index in [1.807, 2.05) is 19.1 Å². The number of carbonyl (C=O) groups is 3. The summed E-state index contributed by atoms with van der Waals surface area (Å²) in [5, 5.41) is 2.62. The molecular weight excluding hydrogens is 408 g/mol. The Balaban J connectivity index is 1.52. The van der Waals surface area contributed by atoms with Gasteiger partial charge in [0.05, 0.1) is 12.1 Å². The van der Waals surface area contributed by atoms with E-state index in [0.29, 0.717) is 5.56 Å². The highest BCUT2D eigenvalue weighted by Gasteiger charge is 2.27. The molecule has 0 bridgehead atoms. The summed E-state index contributed by atoms with van der Waals surface area (Å²) in [5.74, 6) is -1.19. The van der Waals surface area contributed by atoms with Crippen LogP contribution in [0.2, 0.25) is 0 Å². The molecule has 1 heterocycles. The highest BCUT2D eigenvalue weighted by Crippen LogP contribution is 2.22. The second-order valence-corrected chi connectivity index (χ2v) is 7.05. The number of hydrogen-bond donors (Lipinski definition) is 1. The third kappa shape index (κ3) is 5.56. The topological polar surface area (TPSA) is 79.0 Å². The zero-order valence-corrected chi connectivity index (χ0v) is 17.0. The Morgan fingerprint density at radius 2 is 1.52 bits per heavy atom. The summed E-state index contributed by atoms with van der Waals surface area (Å²) in [6.07, 6.45) is 0. The van der Waals surface area contributed by atoms with Crippen molar-refractivity contribution in [1.29, 1.82) is 0 Å². The quantitative estimate of drug-likeness (QED) is 0.762. The van der Waals surface area contributed by atoms with Crippen molar-refractivity contribution < 1.29 is 27.9 Å². The first-order valence-electron chi connectivity index (χ1n) is 9.81. The van der Waals surface area contributed by atoms with Crippen molar-refractivity contribution in [2.75, 3.05) is 32.7 Å². The van der Waals surface area contributed by atoms with Crippen LogP contribution in [-0.4, -0.2) is 66.9 Å². The van der Waals surface area contributed by atoms with Crippen LogP contribution in [0.15, 0.2) is 48.5 Å². The van der Waals surface area contributed by atoms with Crippen LogP contribution in [0, 0.1) is 6.92 Å². The van der Waals surface area contributed by atoms with Crippen molar-refractivity contribution in [2.45, 2.75) is 13.5 Å². The number of carbonyl (C=O) groups excluding carboxylic acids is 3. The molecule has 2 aromatic rings. The number of nitrogens with zero attached hydrogens (tertiary/aromatic N) is 2. The number of rotatable bonds is 6. The first-order valence-corrected chi connectivity index (χ1v) is 9.81. The zero-order chi connectivity index (χ0) is 22.4. The van der Waals surface area contributed by atoms with Gasteiger partial charge in [0.2, 0.25) is 5.91 Å². The Labute approximate surface area is 178 Å². The highest BCUT2D eigenvalue weighted by atomic mass is 19.3. The third-order valence-electron chi connectivity index (χ3n) is 5.04. The second-order valence-electron chi connectivity index (χ2n) is 7.05. The lowest BCUT2D eigenvalue weighted by molar-refractivity contribution is -0.131. The third-order valence-corrected chi connectivity index (χ3v) is 5.04. The van der Waals surface area contributed by atoms with Crippen LogP contribution in [0.1, 0.15) is 26.3 Å².